The average Bonchev–Trinajstić information content (AvgIpc) is 2.15. The molecule has 0 spiro atoms. The lowest BCUT2D eigenvalue weighted by Crippen LogP contribution is -2.11. The molecule has 0 aliphatic heterocycles. The van der Waals surface area contributed by atoms with Gasteiger partial charge >= 0.3 is 12.1 Å². The van der Waals surface area contributed by atoms with E-state index < -0.39 is 23.6 Å². The lowest BCUT2D eigenvalue weighted by molar-refractivity contribution is -0.140. The van der Waals surface area contributed by atoms with Gasteiger partial charge in [-0.05, 0) is 18.6 Å². The number of alkyl halides is 3. The first-order valence-electron chi connectivity index (χ1n) is 4.07. The molecule has 0 aliphatic carbocycles. The second-order valence-electron chi connectivity index (χ2n) is 3.06. The van der Waals surface area contributed by atoms with Crippen LogP contribution in [0, 0.1) is 0 Å². The number of carbonyl (C=O) groups is 1. The van der Waals surface area contributed by atoms with Gasteiger partial charge in [0.15, 0.2) is 0 Å². The molecule has 0 bridgehead atoms. The van der Waals surface area contributed by atoms with E-state index >= 15 is 0 Å². The molecule has 0 fully saturated rings. The van der Waals surface area contributed by atoms with Crippen LogP contribution in [0.3, 0.4) is 0 Å². The van der Waals surface area contributed by atoms with Crippen LogP contribution in [0.15, 0.2) is 18.5 Å². The molecular formula is C9H8F3NO2. The minimum absolute atomic E-state index is 0.0392. The van der Waals surface area contributed by atoms with Gasteiger partial charge in [-0.1, -0.05) is 0 Å². The summed E-state index contributed by atoms with van der Waals surface area (Å²) in [6, 6.07) is 0.797. The highest BCUT2D eigenvalue weighted by molar-refractivity contribution is 5.75. The monoisotopic (exact) mass is 219 g/mol. The van der Waals surface area contributed by atoms with E-state index in [4.69, 9.17) is 5.11 Å². The van der Waals surface area contributed by atoms with Crippen molar-refractivity contribution in [2.45, 2.75) is 19.0 Å². The second-order valence-corrected chi connectivity index (χ2v) is 3.06. The SMILES string of the molecule is CC(C(=O)O)c1cncc(C(F)(F)F)c1. The number of rotatable bonds is 2. The standard InChI is InChI=1S/C9H8F3NO2/c1-5(8(14)15)6-2-7(4-13-3-6)9(10,11)12/h2-5H,1H3,(H,14,15). The van der Waals surface area contributed by atoms with Crippen molar-refractivity contribution in [2.75, 3.05) is 0 Å². The van der Waals surface area contributed by atoms with Crippen molar-refractivity contribution in [2.24, 2.45) is 0 Å². The van der Waals surface area contributed by atoms with E-state index in [2.05, 4.69) is 4.98 Å². The largest absolute Gasteiger partial charge is 0.481 e. The Bertz CT molecular complexity index is 376. The number of carboxylic acids is 1. The Kier molecular flexibility index (Phi) is 2.97. The Labute approximate surface area is 83.6 Å². The van der Waals surface area contributed by atoms with Crippen molar-refractivity contribution in [3.63, 3.8) is 0 Å². The fourth-order valence-corrected chi connectivity index (χ4v) is 0.992. The molecule has 6 heteroatoms. The second kappa shape index (κ2) is 3.88. The third-order valence-corrected chi connectivity index (χ3v) is 1.96. The van der Waals surface area contributed by atoms with Crippen LogP contribution in [-0.2, 0) is 11.0 Å². The maximum absolute atomic E-state index is 12.2. The predicted octanol–water partition coefficient (Wildman–Crippen LogP) is 2.29. The summed E-state index contributed by atoms with van der Waals surface area (Å²) in [6.45, 7) is 1.31. The molecular weight excluding hydrogens is 211 g/mol. The average molecular weight is 219 g/mol. The van der Waals surface area contributed by atoms with E-state index in [-0.39, 0.29) is 5.56 Å². The molecule has 1 aromatic heterocycles. The fourth-order valence-electron chi connectivity index (χ4n) is 0.992. The van der Waals surface area contributed by atoms with Gasteiger partial charge < -0.3 is 5.11 Å². The maximum Gasteiger partial charge on any atom is 0.417 e. The van der Waals surface area contributed by atoms with Gasteiger partial charge in [-0.2, -0.15) is 13.2 Å². The van der Waals surface area contributed by atoms with Gasteiger partial charge in [-0.25, -0.2) is 0 Å². The van der Waals surface area contributed by atoms with Crippen molar-refractivity contribution < 1.29 is 23.1 Å². The molecule has 1 heterocycles. The van der Waals surface area contributed by atoms with E-state index in [0.29, 0.717) is 6.20 Å². The minimum Gasteiger partial charge on any atom is -0.481 e. The number of carboxylic acid groups (broad SMARTS) is 1. The number of halogens is 3. The minimum atomic E-state index is -4.50. The summed E-state index contributed by atoms with van der Waals surface area (Å²) in [7, 11) is 0. The third kappa shape index (κ3) is 2.68. The lowest BCUT2D eigenvalue weighted by Gasteiger charge is -2.10. The molecule has 1 unspecified atom stereocenters. The van der Waals surface area contributed by atoms with Crippen LogP contribution in [-0.4, -0.2) is 16.1 Å². The predicted molar refractivity (Wildman–Crippen MR) is 45.3 cm³/mol. The van der Waals surface area contributed by atoms with Crippen LogP contribution < -0.4 is 0 Å². The van der Waals surface area contributed by atoms with Gasteiger partial charge in [0, 0.05) is 12.4 Å². The molecule has 0 aromatic carbocycles. The first-order valence-corrected chi connectivity index (χ1v) is 4.07. The van der Waals surface area contributed by atoms with Crippen LogP contribution in [0.5, 0.6) is 0 Å². The molecule has 3 nitrogen and oxygen atoms in total. The van der Waals surface area contributed by atoms with Crippen molar-refractivity contribution >= 4 is 5.97 Å². The van der Waals surface area contributed by atoms with Gasteiger partial charge in [0.05, 0.1) is 11.5 Å². The number of aliphatic carboxylic acids is 1. The van der Waals surface area contributed by atoms with Crippen molar-refractivity contribution in [1.29, 1.82) is 0 Å². The summed E-state index contributed by atoms with van der Waals surface area (Å²) >= 11 is 0. The van der Waals surface area contributed by atoms with E-state index in [1.54, 1.807) is 0 Å². The van der Waals surface area contributed by atoms with Crippen molar-refractivity contribution in [1.82, 2.24) is 4.98 Å². The van der Waals surface area contributed by atoms with Gasteiger partial charge in [0.25, 0.3) is 0 Å². The van der Waals surface area contributed by atoms with Crippen LogP contribution in [0.4, 0.5) is 13.2 Å². The molecule has 1 aromatic rings. The zero-order chi connectivity index (χ0) is 11.6. The molecule has 0 amide bonds. The molecule has 15 heavy (non-hydrogen) atoms. The van der Waals surface area contributed by atoms with Crippen molar-refractivity contribution in [3.05, 3.63) is 29.6 Å². The highest BCUT2D eigenvalue weighted by Crippen LogP contribution is 2.30. The summed E-state index contributed by atoms with van der Waals surface area (Å²) in [5.41, 5.74) is -0.898. The quantitative estimate of drug-likeness (QED) is 0.830. The normalized spacial score (nSPS) is 13.6. The summed E-state index contributed by atoms with van der Waals surface area (Å²) < 4.78 is 36.7. The summed E-state index contributed by atoms with van der Waals surface area (Å²) in [4.78, 5) is 13.9. The Morgan fingerprint density at radius 1 is 1.47 bits per heavy atom. The van der Waals surface area contributed by atoms with Gasteiger partial charge in [-0.15, -0.1) is 0 Å². The van der Waals surface area contributed by atoms with Gasteiger partial charge in [-0.3, -0.25) is 9.78 Å². The molecule has 1 atom stereocenters. The highest BCUT2D eigenvalue weighted by Gasteiger charge is 2.31. The van der Waals surface area contributed by atoms with Crippen molar-refractivity contribution in [3.8, 4) is 0 Å². The van der Waals surface area contributed by atoms with Gasteiger partial charge in [0.2, 0.25) is 0 Å². The van der Waals surface area contributed by atoms with Crippen LogP contribution in [0.1, 0.15) is 24.0 Å². The number of hydrogen-bond acceptors (Lipinski definition) is 2. The van der Waals surface area contributed by atoms with Crippen LogP contribution >= 0.6 is 0 Å². The topological polar surface area (TPSA) is 50.2 Å². The fraction of sp³-hybridized carbons (Fsp3) is 0.333. The summed E-state index contributed by atoms with van der Waals surface area (Å²) in [5, 5.41) is 8.62. The number of pyridine rings is 1. The number of hydrogen-bond donors (Lipinski definition) is 1. The highest BCUT2D eigenvalue weighted by atomic mass is 19.4. The molecule has 82 valence electrons. The van der Waals surface area contributed by atoms with E-state index in [9.17, 15) is 18.0 Å². The maximum atomic E-state index is 12.2. The van der Waals surface area contributed by atoms with Gasteiger partial charge in [0.1, 0.15) is 0 Å². The van der Waals surface area contributed by atoms with Crippen LogP contribution in [0.25, 0.3) is 0 Å². The Balaban J connectivity index is 3.08. The molecule has 0 radical (unpaired) electrons. The summed E-state index contributed by atoms with van der Waals surface area (Å²) in [6.07, 6.45) is -2.71. The Morgan fingerprint density at radius 2 is 2.07 bits per heavy atom. The van der Waals surface area contributed by atoms with E-state index in [0.717, 1.165) is 12.3 Å². The zero-order valence-electron chi connectivity index (χ0n) is 7.75. The summed E-state index contributed by atoms with van der Waals surface area (Å²) in [5.74, 6) is -2.18. The third-order valence-electron chi connectivity index (χ3n) is 1.96. The molecule has 1 N–H and O–H groups in total. The first-order chi connectivity index (χ1) is 6.82. The van der Waals surface area contributed by atoms with E-state index in [1.165, 1.54) is 6.92 Å². The zero-order valence-corrected chi connectivity index (χ0v) is 7.75. The number of nitrogens with zero attached hydrogens (tertiary/aromatic N) is 1. The molecule has 1 rings (SSSR count). The van der Waals surface area contributed by atoms with E-state index in [1.807, 2.05) is 0 Å². The molecule has 0 saturated carbocycles. The number of aromatic nitrogens is 1. The molecule has 0 aliphatic rings. The first kappa shape index (κ1) is 11.5. The Hall–Kier alpha value is -1.59. The lowest BCUT2D eigenvalue weighted by atomic mass is 10.0. The van der Waals surface area contributed by atoms with Crippen LogP contribution in [0.2, 0.25) is 0 Å². The Morgan fingerprint density at radius 3 is 2.53 bits per heavy atom. The smallest absolute Gasteiger partial charge is 0.417 e. The molecule has 0 saturated heterocycles.